The number of likely N-dealkylation sites (N-methyl/N-ethyl adjacent to an activating group) is 1. The van der Waals surface area contributed by atoms with Gasteiger partial charge in [-0.15, -0.1) is 0 Å². The third-order valence-corrected chi connectivity index (χ3v) is 6.04. The summed E-state index contributed by atoms with van der Waals surface area (Å²) in [5, 5.41) is 10.7. The van der Waals surface area contributed by atoms with Crippen molar-refractivity contribution in [2.75, 3.05) is 20.7 Å². The highest BCUT2D eigenvalue weighted by Crippen LogP contribution is 2.33. The number of hydrogen-bond donors (Lipinski definition) is 1. The lowest BCUT2D eigenvalue weighted by molar-refractivity contribution is -0.885. The first-order chi connectivity index (χ1) is 14.6. The Hall–Kier alpha value is -2.96. The Kier molecular flexibility index (Phi) is 6.26. The number of carbonyl (C=O) groups excluding carboxylic acids is 1. The van der Waals surface area contributed by atoms with E-state index in [9.17, 15) is 4.79 Å². The van der Waals surface area contributed by atoms with Crippen LogP contribution in [-0.2, 0) is 11.3 Å². The maximum Gasteiger partial charge on any atom is 0.298 e. The van der Waals surface area contributed by atoms with Gasteiger partial charge in [-0.3, -0.25) is 4.79 Å². The highest BCUT2D eigenvalue weighted by atomic mass is 32.1. The Morgan fingerprint density at radius 3 is 2.60 bits per heavy atom. The van der Waals surface area contributed by atoms with E-state index in [1.54, 1.807) is 23.5 Å². The predicted molar refractivity (Wildman–Crippen MR) is 120 cm³/mol. The van der Waals surface area contributed by atoms with Crippen LogP contribution < -0.4 is 9.64 Å². The van der Waals surface area contributed by atoms with Crippen molar-refractivity contribution in [3.8, 4) is 5.75 Å². The molecule has 0 spiro atoms. The van der Waals surface area contributed by atoms with E-state index in [0.717, 1.165) is 34.0 Å². The van der Waals surface area contributed by atoms with Gasteiger partial charge in [0.2, 0.25) is 0 Å². The minimum atomic E-state index is -0.104. The monoisotopic (exact) mass is 420 g/mol. The normalized spacial score (nSPS) is 16.9. The molecule has 30 heavy (non-hydrogen) atoms. The number of hydrazone groups is 1. The second-order valence-corrected chi connectivity index (χ2v) is 8.37. The molecule has 1 N–H and O–H groups in total. The molecule has 2 aromatic carbocycles. The molecule has 2 atom stereocenters. The van der Waals surface area contributed by atoms with Gasteiger partial charge in [0.25, 0.3) is 5.91 Å². The van der Waals surface area contributed by atoms with Crippen molar-refractivity contribution < 1.29 is 14.4 Å². The van der Waals surface area contributed by atoms with E-state index in [1.807, 2.05) is 54.6 Å². The first-order valence-electron chi connectivity index (χ1n) is 10.1. The fourth-order valence-electron chi connectivity index (χ4n) is 3.77. The van der Waals surface area contributed by atoms with Crippen LogP contribution in [0.2, 0.25) is 0 Å². The van der Waals surface area contributed by atoms with Crippen LogP contribution in [-0.4, -0.2) is 37.3 Å². The van der Waals surface area contributed by atoms with Gasteiger partial charge in [-0.2, -0.15) is 16.4 Å². The second kappa shape index (κ2) is 9.24. The minimum absolute atomic E-state index is 0.0366. The van der Waals surface area contributed by atoms with Crippen molar-refractivity contribution in [1.29, 1.82) is 0 Å². The number of nitrogens with one attached hydrogen (secondary N) is 1. The van der Waals surface area contributed by atoms with Crippen LogP contribution >= 0.6 is 11.3 Å². The molecule has 1 aliphatic heterocycles. The largest absolute Gasteiger partial charge is 0.497 e. The summed E-state index contributed by atoms with van der Waals surface area (Å²) in [6.07, 6.45) is 0.700. The van der Waals surface area contributed by atoms with Crippen LogP contribution in [0, 0.1) is 0 Å². The molecule has 4 rings (SSSR count). The summed E-state index contributed by atoms with van der Waals surface area (Å²) >= 11 is 1.68. The Morgan fingerprint density at radius 2 is 1.93 bits per heavy atom. The van der Waals surface area contributed by atoms with Crippen LogP contribution in [0.1, 0.15) is 29.2 Å². The Bertz CT molecular complexity index is 1000. The molecule has 0 saturated heterocycles. The highest BCUT2D eigenvalue weighted by Gasteiger charge is 2.34. The minimum Gasteiger partial charge on any atom is -0.497 e. The van der Waals surface area contributed by atoms with Crippen molar-refractivity contribution in [2.24, 2.45) is 5.10 Å². The number of methoxy groups -OCH3 is 1. The Labute approximate surface area is 181 Å². The van der Waals surface area contributed by atoms with Crippen molar-refractivity contribution in [1.82, 2.24) is 5.01 Å². The molecule has 1 amide bonds. The number of hydrogen-bond acceptors (Lipinski definition) is 4. The number of quaternary nitrogens is 1. The van der Waals surface area contributed by atoms with Crippen LogP contribution in [0.3, 0.4) is 0 Å². The first-order valence-corrected chi connectivity index (χ1v) is 11.0. The van der Waals surface area contributed by atoms with Gasteiger partial charge in [0.15, 0.2) is 6.54 Å². The van der Waals surface area contributed by atoms with E-state index in [0.29, 0.717) is 13.0 Å². The number of nitrogens with zero attached hydrogens (tertiary/aromatic N) is 2. The zero-order valence-corrected chi connectivity index (χ0v) is 18.1. The molecular weight excluding hydrogens is 394 g/mol. The molecular formula is C24H26N3O2S+. The summed E-state index contributed by atoms with van der Waals surface area (Å²) < 4.78 is 5.29. The van der Waals surface area contributed by atoms with Crippen molar-refractivity contribution in [3.05, 3.63) is 88.1 Å². The maximum atomic E-state index is 13.2. The van der Waals surface area contributed by atoms with E-state index >= 15 is 0 Å². The van der Waals surface area contributed by atoms with Crippen LogP contribution in [0.15, 0.2) is 76.5 Å². The number of thiophene rings is 1. The maximum absolute atomic E-state index is 13.2. The molecule has 3 aromatic rings. The van der Waals surface area contributed by atoms with Crippen molar-refractivity contribution in [2.45, 2.75) is 19.0 Å². The van der Waals surface area contributed by atoms with Crippen molar-refractivity contribution in [3.63, 3.8) is 0 Å². The van der Waals surface area contributed by atoms with Gasteiger partial charge in [0, 0.05) is 12.0 Å². The van der Waals surface area contributed by atoms with E-state index in [2.05, 4.69) is 23.9 Å². The topological polar surface area (TPSA) is 46.3 Å². The summed E-state index contributed by atoms with van der Waals surface area (Å²) in [4.78, 5) is 14.4. The van der Waals surface area contributed by atoms with Crippen LogP contribution in [0.25, 0.3) is 0 Å². The molecule has 0 saturated carbocycles. The summed E-state index contributed by atoms with van der Waals surface area (Å²) in [5.41, 5.74) is 4.33. The summed E-state index contributed by atoms with van der Waals surface area (Å²) in [7, 11) is 3.71. The molecule has 2 heterocycles. The van der Waals surface area contributed by atoms with E-state index in [-0.39, 0.29) is 11.9 Å². The predicted octanol–water partition coefficient (Wildman–Crippen LogP) is 3.15. The number of rotatable bonds is 7. The molecule has 0 bridgehead atoms. The number of benzene rings is 2. The molecule has 154 valence electrons. The summed E-state index contributed by atoms with van der Waals surface area (Å²) in [6.45, 7) is 1.22. The zero-order valence-electron chi connectivity index (χ0n) is 17.2. The molecule has 6 heteroatoms. The van der Waals surface area contributed by atoms with Gasteiger partial charge in [-0.05, 0) is 40.1 Å². The lowest BCUT2D eigenvalue weighted by Gasteiger charge is -2.23. The molecule has 5 nitrogen and oxygen atoms in total. The molecule has 1 unspecified atom stereocenters. The molecule has 1 aliphatic rings. The van der Waals surface area contributed by atoms with Gasteiger partial charge in [-0.25, -0.2) is 5.01 Å². The van der Waals surface area contributed by atoms with E-state index in [1.165, 1.54) is 5.56 Å². The van der Waals surface area contributed by atoms with Gasteiger partial charge in [0.05, 0.1) is 25.9 Å². The van der Waals surface area contributed by atoms with Crippen LogP contribution in [0.4, 0.5) is 0 Å². The third-order valence-electron chi connectivity index (χ3n) is 5.31. The standard InChI is InChI=1S/C24H25N3O2S/c1-26(15-18-12-13-30-17-18)16-24(28)27-23(20-8-10-21(29-2)11-9-20)14-22(25-27)19-6-4-3-5-7-19/h3-13,17,23H,14-16H2,1-2H3/p+1/t23-/m0/s1. The van der Waals surface area contributed by atoms with Gasteiger partial charge < -0.3 is 9.64 Å². The number of ether oxygens (including phenoxy) is 1. The highest BCUT2D eigenvalue weighted by molar-refractivity contribution is 7.07. The molecule has 0 aliphatic carbocycles. The quantitative estimate of drug-likeness (QED) is 0.638. The summed E-state index contributed by atoms with van der Waals surface area (Å²) in [6, 6.07) is 20.0. The fourth-order valence-corrected chi connectivity index (χ4v) is 4.44. The lowest BCUT2D eigenvalue weighted by atomic mass is 9.98. The van der Waals surface area contributed by atoms with Gasteiger partial charge >= 0.3 is 0 Å². The molecule has 0 radical (unpaired) electrons. The first kappa shape index (κ1) is 20.3. The molecule has 1 aromatic heterocycles. The number of carbonyl (C=O) groups is 1. The second-order valence-electron chi connectivity index (χ2n) is 7.59. The van der Waals surface area contributed by atoms with Gasteiger partial charge in [0.1, 0.15) is 12.3 Å². The third kappa shape index (κ3) is 4.61. The Morgan fingerprint density at radius 1 is 1.17 bits per heavy atom. The lowest BCUT2D eigenvalue weighted by Crippen LogP contribution is -3.08. The fraction of sp³-hybridized carbons (Fsp3) is 0.250. The molecule has 0 fully saturated rings. The SMILES string of the molecule is COc1ccc([C@@H]2CC(c3ccccc3)=NN2C(=O)C[NH+](C)Cc2ccsc2)cc1. The smallest absolute Gasteiger partial charge is 0.298 e. The van der Waals surface area contributed by atoms with E-state index in [4.69, 9.17) is 9.84 Å². The van der Waals surface area contributed by atoms with E-state index < -0.39 is 0 Å². The average Bonchev–Trinajstić information content (AvgIpc) is 3.44. The Balaban J connectivity index is 1.56. The zero-order chi connectivity index (χ0) is 20.9. The average molecular weight is 421 g/mol. The van der Waals surface area contributed by atoms with Crippen molar-refractivity contribution >= 4 is 23.0 Å². The van der Waals surface area contributed by atoms with Crippen LogP contribution in [0.5, 0.6) is 5.75 Å². The van der Waals surface area contributed by atoms with Gasteiger partial charge in [-0.1, -0.05) is 42.5 Å². The number of amides is 1. The summed E-state index contributed by atoms with van der Waals surface area (Å²) in [5.74, 6) is 0.841.